The van der Waals surface area contributed by atoms with Crippen LogP contribution in [0.4, 0.5) is 11.5 Å². The monoisotopic (exact) mass is 312 g/mol. The zero-order chi connectivity index (χ0) is 16.2. The quantitative estimate of drug-likeness (QED) is 0.665. The lowest BCUT2D eigenvalue weighted by Gasteiger charge is -2.28. The summed E-state index contributed by atoms with van der Waals surface area (Å²) in [6, 6.07) is 9.11. The van der Waals surface area contributed by atoms with Crippen LogP contribution in [0.25, 0.3) is 0 Å². The number of pyridine rings is 1. The number of nitrogens with two attached hydrogens (primary N) is 1. The molecule has 0 spiro atoms. The Morgan fingerprint density at radius 2 is 2.04 bits per heavy atom. The maximum Gasteiger partial charge on any atom is 0.129 e. The standard InChI is InChI=1S/C17H20N4O2/c1-22-13-2-3-14(15(18)11-13)17(19)12-4-5-20-16(10-12)21-6-8-23-9-7-21/h2-5,10-11,19H,6-9,18H2,1H3. The van der Waals surface area contributed by atoms with Crippen molar-refractivity contribution in [1.29, 1.82) is 5.41 Å². The normalized spacial score (nSPS) is 14.6. The van der Waals surface area contributed by atoms with Gasteiger partial charge in [-0.25, -0.2) is 4.98 Å². The molecule has 3 N–H and O–H groups in total. The van der Waals surface area contributed by atoms with E-state index in [1.54, 1.807) is 19.4 Å². The van der Waals surface area contributed by atoms with Crippen molar-refractivity contribution in [2.75, 3.05) is 44.0 Å². The molecular weight excluding hydrogens is 292 g/mol. The number of hydrogen-bond acceptors (Lipinski definition) is 6. The van der Waals surface area contributed by atoms with Crippen LogP contribution in [0.15, 0.2) is 36.5 Å². The molecule has 1 aromatic heterocycles. The van der Waals surface area contributed by atoms with E-state index in [1.165, 1.54) is 0 Å². The van der Waals surface area contributed by atoms with E-state index in [1.807, 2.05) is 24.3 Å². The van der Waals surface area contributed by atoms with E-state index in [9.17, 15) is 0 Å². The Labute approximate surface area is 135 Å². The van der Waals surface area contributed by atoms with Gasteiger partial charge < -0.3 is 20.1 Å². The molecule has 23 heavy (non-hydrogen) atoms. The summed E-state index contributed by atoms with van der Waals surface area (Å²) in [7, 11) is 1.59. The van der Waals surface area contributed by atoms with E-state index in [0.717, 1.165) is 24.5 Å². The molecule has 1 aliphatic rings. The second-order valence-corrected chi connectivity index (χ2v) is 5.33. The molecule has 0 atom stereocenters. The summed E-state index contributed by atoms with van der Waals surface area (Å²) in [5, 5.41) is 8.46. The van der Waals surface area contributed by atoms with Gasteiger partial charge in [0.05, 0.1) is 26.0 Å². The lowest BCUT2D eigenvalue weighted by Crippen LogP contribution is -2.36. The van der Waals surface area contributed by atoms with E-state index in [4.69, 9.17) is 20.6 Å². The number of ether oxygens (including phenoxy) is 2. The van der Waals surface area contributed by atoms with Gasteiger partial charge in [0.2, 0.25) is 0 Å². The van der Waals surface area contributed by atoms with E-state index in [0.29, 0.717) is 35.9 Å². The first kappa shape index (κ1) is 15.3. The second-order valence-electron chi connectivity index (χ2n) is 5.33. The summed E-state index contributed by atoms with van der Waals surface area (Å²) < 4.78 is 10.5. The molecule has 0 bridgehead atoms. The van der Waals surface area contributed by atoms with Crippen molar-refractivity contribution in [3.8, 4) is 5.75 Å². The number of aromatic nitrogens is 1. The molecule has 0 unspecified atom stereocenters. The number of anilines is 2. The topological polar surface area (TPSA) is 84.5 Å². The molecule has 6 heteroatoms. The number of methoxy groups -OCH3 is 1. The van der Waals surface area contributed by atoms with Gasteiger partial charge >= 0.3 is 0 Å². The lowest BCUT2D eigenvalue weighted by molar-refractivity contribution is 0.122. The van der Waals surface area contributed by atoms with Crippen LogP contribution < -0.4 is 15.4 Å². The van der Waals surface area contributed by atoms with Crippen LogP contribution in [-0.2, 0) is 4.74 Å². The van der Waals surface area contributed by atoms with Crippen LogP contribution in [0.5, 0.6) is 5.75 Å². The maximum atomic E-state index is 8.46. The Balaban J connectivity index is 1.87. The molecule has 6 nitrogen and oxygen atoms in total. The third-order valence-electron chi connectivity index (χ3n) is 3.90. The molecule has 120 valence electrons. The van der Waals surface area contributed by atoms with Crippen molar-refractivity contribution in [3.63, 3.8) is 0 Å². The highest BCUT2D eigenvalue weighted by Gasteiger charge is 2.15. The summed E-state index contributed by atoms with van der Waals surface area (Å²) >= 11 is 0. The van der Waals surface area contributed by atoms with Crippen molar-refractivity contribution >= 4 is 17.2 Å². The van der Waals surface area contributed by atoms with Gasteiger partial charge in [-0.3, -0.25) is 5.41 Å². The number of nitrogen functional groups attached to an aromatic ring is 1. The molecule has 1 fully saturated rings. The molecule has 0 saturated carbocycles. The minimum atomic E-state index is 0.377. The molecular formula is C17H20N4O2. The number of benzene rings is 1. The first-order chi connectivity index (χ1) is 11.2. The van der Waals surface area contributed by atoms with Crippen LogP contribution in [0.1, 0.15) is 11.1 Å². The fourth-order valence-corrected chi connectivity index (χ4v) is 2.59. The first-order valence-electron chi connectivity index (χ1n) is 7.50. The van der Waals surface area contributed by atoms with Crippen LogP contribution in [0.2, 0.25) is 0 Å². The fraction of sp³-hybridized carbons (Fsp3) is 0.294. The predicted molar refractivity (Wildman–Crippen MR) is 90.6 cm³/mol. The summed E-state index contributed by atoms with van der Waals surface area (Å²) in [5.41, 5.74) is 8.43. The van der Waals surface area contributed by atoms with Crippen molar-refractivity contribution in [2.45, 2.75) is 0 Å². The summed E-state index contributed by atoms with van der Waals surface area (Å²) in [6.07, 6.45) is 1.73. The molecule has 1 aromatic carbocycles. The van der Waals surface area contributed by atoms with Gasteiger partial charge in [0.1, 0.15) is 11.6 Å². The molecule has 1 saturated heterocycles. The average Bonchev–Trinajstić information content (AvgIpc) is 2.62. The van der Waals surface area contributed by atoms with Crippen molar-refractivity contribution in [2.24, 2.45) is 0 Å². The second kappa shape index (κ2) is 6.66. The van der Waals surface area contributed by atoms with Crippen LogP contribution in [-0.4, -0.2) is 44.1 Å². The third-order valence-corrected chi connectivity index (χ3v) is 3.90. The Bertz CT molecular complexity index is 711. The number of rotatable bonds is 4. The van der Waals surface area contributed by atoms with Crippen LogP contribution in [0.3, 0.4) is 0 Å². The molecule has 1 aliphatic heterocycles. The van der Waals surface area contributed by atoms with Crippen LogP contribution >= 0.6 is 0 Å². The highest BCUT2D eigenvalue weighted by Crippen LogP contribution is 2.23. The minimum Gasteiger partial charge on any atom is -0.497 e. The highest BCUT2D eigenvalue weighted by molar-refractivity contribution is 6.14. The molecule has 2 aromatic rings. The minimum absolute atomic E-state index is 0.377. The van der Waals surface area contributed by atoms with Gasteiger partial charge in [0.25, 0.3) is 0 Å². The average molecular weight is 312 g/mol. The Hall–Kier alpha value is -2.60. The van der Waals surface area contributed by atoms with Gasteiger partial charge in [-0.1, -0.05) is 0 Å². The molecule has 2 heterocycles. The smallest absolute Gasteiger partial charge is 0.129 e. The van der Waals surface area contributed by atoms with Gasteiger partial charge in [-0.15, -0.1) is 0 Å². The SMILES string of the molecule is COc1ccc(C(=N)c2ccnc(N3CCOCC3)c2)c(N)c1. The largest absolute Gasteiger partial charge is 0.497 e. The van der Waals surface area contributed by atoms with E-state index in [-0.39, 0.29) is 0 Å². The van der Waals surface area contributed by atoms with E-state index in [2.05, 4.69) is 9.88 Å². The third kappa shape index (κ3) is 3.27. The van der Waals surface area contributed by atoms with Crippen molar-refractivity contribution in [1.82, 2.24) is 4.98 Å². The van der Waals surface area contributed by atoms with Gasteiger partial charge in [0.15, 0.2) is 0 Å². The van der Waals surface area contributed by atoms with E-state index < -0.39 is 0 Å². The Kier molecular flexibility index (Phi) is 4.43. The van der Waals surface area contributed by atoms with E-state index >= 15 is 0 Å². The number of nitrogens with zero attached hydrogens (tertiary/aromatic N) is 2. The summed E-state index contributed by atoms with van der Waals surface area (Å²) in [5.74, 6) is 1.55. The zero-order valence-corrected chi connectivity index (χ0v) is 13.1. The van der Waals surface area contributed by atoms with Gasteiger partial charge in [0, 0.05) is 42.2 Å². The van der Waals surface area contributed by atoms with Gasteiger partial charge in [-0.2, -0.15) is 0 Å². The molecule has 0 amide bonds. The molecule has 0 aliphatic carbocycles. The Morgan fingerprint density at radius 1 is 1.26 bits per heavy atom. The summed E-state index contributed by atoms with van der Waals surface area (Å²) in [6.45, 7) is 3.03. The highest BCUT2D eigenvalue weighted by atomic mass is 16.5. The zero-order valence-electron chi connectivity index (χ0n) is 13.1. The maximum absolute atomic E-state index is 8.46. The molecule has 3 rings (SSSR count). The lowest BCUT2D eigenvalue weighted by atomic mass is 10.0. The number of nitrogens with one attached hydrogen (secondary N) is 1. The van der Waals surface area contributed by atoms with Crippen molar-refractivity contribution < 1.29 is 9.47 Å². The summed E-state index contributed by atoms with van der Waals surface area (Å²) in [4.78, 5) is 6.58. The first-order valence-corrected chi connectivity index (χ1v) is 7.50. The Morgan fingerprint density at radius 3 is 2.74 bits per heavy atom. The van der Waals surface area contributed by atoms with Crippen molar-refractivity contribution in [3.05, 3.63) is 47.7 Å². The fourth-order valence-electron chi connectivity index (χ4n) is 2.59. The van der Waals surface area contributed by atoms with Crippen LogP contribution in [0, 0.1) is 5.41 Å². The van der Waals surface area contributed by atoms with Gasteiger partial charge in [-0.05, 0) is 24.3 Å². The molecule has 0 radical (unpaired) electrons. The number of hydrogen-bond donors (Lipinski definition) is 2. The number of morpholine rings is 1. The predicted octanol–water partition coefficient (Wildman–Crippen LogP) is 1.93.